The van der Waals surface area contributed by atoms with E-state index in [-0.39, 0.29) is 16.9 Å². The SMILES string of the molecule is Cn1cnc2ccc(Oc3ccc(N(C(N)=O)c4ccc(Cl)c(C(F)(F)F)c4)cc3)cc2c1=O. The molecule has 0 aliphatic rings. The minimum Gasteiger partial charge on any atom is -0.457 e. The topological polar surface area (TPSA) is 90.4 Å². The summed E-state index contributed by atoms with van der Waals surface area (Å²) >= 11 is 5.67. The van der Waals surface area contributed by atoms with Crippen LogP contribution in [-0.4, -0.2) is 15.6 Å². The Morgan fingerprint density at radius 2 is 1.68 bits per heavy atom. The number of carbonyl (C=O) groups excluding carboxylic acids is 1. The molecule has 0 aliphatic heterocycles. The summed E-state index contributed by atoms with van der Waals surface area (Å²) < 4.78 is 46.9. The smallest absolute Gasteiger partial charge is 0.417 e. The minimum atomic E-state index is -4.70. The van der Waals surface area contributed by atoms with E-state index < -0.39 is 22.8 Å². The first-order valence-electron chi connectivity index (χ1n) is 9.74. The van der Waals surface area contributed by atoms with Crippen LogP contribution < -0.4 is 20.9 Å². The third-order valence-electron chi connectivity index (χ3n) is 4.95. The fourth-order valence-corrected chi connectivity index (χ4v) is 3.55. The van der Waals surface area contributed by atoms with E-state index in [9.17, 15) is 22.8 Å². The number of nitrogens with two attached hydrogens (primary N) is 1. The third-order valence-corrected chi connectivity index (χ3v) is 5.28. The lowest BCUT2D eigenvalue weighted by Gasteiger charge is -2.22. The molecule has 1 heterocycles. The first-order chi connectivity index (χ1) is 16.0. The van der Waals surface area contributed by atoms with Crippen molar-refractivity contribution in [2.24, 2.45) is 12.8 Å². The zero-order chi connectivity index (χ0) is 24.6. The van der Waals surface area contributed by atoms with Gasteiger partial charge in [-0.15, -0.1) is 0 Å². The highest BCUT2D eigenvalue weighted by atomic mass is 35.5. The second-order valence-electron chi connectivity index (χ2n) is 7.27. The number of aromatic nitrogens is 2. The van der Waals surface area contributed by atoms with E-state index >= 15 is 0 Å². The molecule has 0 aliphatic carbocycles. The lowest BCUT2D eigenvalue weighted by molar-refractivity contribution is -0.137. The molecule has 0 unspecified atom stereocenters. The van der Waals surface area contributed by atoms with Crippen molar-refractivity contribution in [2.75, 3.05) is 4.90 Å². The number of carbonyl (C=O) groups is 1. The van der Waals surface area contributed by atoms with Gasteiger partial charge in [-0.25, -0.2) is 9.78 Å². The maximum atomic E-state index is 13.2. The van der Waals surface area contributed by atoms with Crippen molar-refractivity contribution >= 4 is 39.9 Å². The molecule has 11 heteroatoms. The highest BCUT2D eigenvalue weighted by Crippen LogP contribution is 2.38. The lowest BCUT2D eigenvalue weighted by atomic mass is 10.1. The number of amides is 2. The summed E-state index contributed by atoms with van der Waals surface area (Å²) in [6, 6.07) is 12.9. The second-order valence-corrected chi connectivity index (χ2v) is 7.68. The summed E-state index contributed by atoms with van der Waals surface area (Å²) in [7, 11) is 1.59. The van der Waals surface area contributed by atoms with Crippen molar-refractivity contribution in [3.8, 4) is 11.5 Å². The predicted molar refractivity (Wildman–Crippen MR) is 122 cm³/mol. The van der Waals surface area contributed by atoms with E-state index in [1.165, 1.54) is 41.2 Å². The molecule has 2 amide bonds. The summed E-state index contributed by atoms with van der Waals surface area (Å²) in [6.07, 6.45) is -3.28. The third kappa shape index (κ3) is 4.53. The number of aryl methyl sites for hydroxylation is 1. The zero-order valence-electron chi connectivity index (χ0n) is 17.5. The molecule has 0 atom stereocenters. The summed E-state index contributed by atoms with van der Waals surface area (Å²) in [5.41, 5.74) is 4.75. The van der Waals surface area contributed by atoms with Gasteiger partial charge >= 0.3 is 12.2 Å². The molecule has 0 fully saturated rings. The molecule has 4 aromatic rings. The Morgan fingerprint density at radius 1 is 1.03 bits per heavy atom. The molecule has 0 radical (unpaired) electrons. The van der Waals surface area contributed by atoms with Crippen LogP contribution in [0.3, 0.4) is 0 Å². The van der Waals surface area contributed by atoms with Crippen LogP contribution in [0.4, 0.5) is 29.3 Å². The minimum absolute atomic E-state index is 0.101. The fourth-order valence-electron chi connectivity index (χ4n) is 3.33. The van der Waals surface area contributed by atoms with E-state index in [4.69, 9.17) is 22.1 Å². The number of rotatable bonds is 4. The van der Waals surface area contributed by atoms with Crippen molar-refractivity contribution in [2.45, 2.75) is 6.18 Å². The molecule has 174 valence electrons. The van der Waals surface area contributed by atoms with Crippen LogP contribution in [0.15, 0.2) is 71.8 Å². The number of nitrogens with zero attached hydrogens (tertiary/aromatic N) is 3. The molecule has 4 rings (SSSR count). The highest BCUT2D eigenvalue weighted by molar-refractivity contribution is 6.31. The zero-order valence-corrected chi connectivity index (χ0v) is 18.3. The molecule has 0 bridgehead atoms. The molecule has 0 saturated heterocycles. The first kappa shape index (κ1) is 23.1. The van der Waals surface area contributed by atoms with Gasteiger partial charge in [0.05, 0.1) is 39.2 Å². The Balaban J connectivity index is 1.63. The van der Waals surface area contributed by atoms with Crippen molar-refractivity contribution in [1.82, 2.24) is 9.55 Å². The molecule has 34 heavy (non-hydrogen) atoms. The van der Waals surface area contributed by atoms with Crippen LogP contribution in [0.2, 0.25) is 5.02 Å². The van der Waals surface area contributed by atoms with Crippen LogP contribution in [0.1, 0.15) is 5.56 Å². The Kier molecular flexibility index (Phi) is 5.92. The standard InChI is InChI=1S/C23H16ClF3N4O3/c1-30-12-29-20-9-7-16(11-17(20)21(30)32)34-15-5-2-13(3-6-15)31(22(28)33)14-4-8-19(24)18(10-14)23(25,26)27/h2-12H,1H3,(H2,28,33). The van der Waals surface area contributed by atoms with Crippen molar-refractivity contribution < 1.29 is 22.7 Å². The number of halogens is 4. The molecular formula is C23H16ClF3N4O3. The van der Waals surface area contributed by atoms with Gasteiger partial charge in [-0.2, -0.15) is 13.2 Å². The second kappa shape index (κ2) is 8.71. The monoisotopic (exact) mass is 488 g/mol. The van der Waals surface area contributed by atoms with Crippen LogP contribution >= 0.6 is 11.6 Å². The van der Waals surface area contributed by atoms with Crippen LogP contribution in [0.25, 0.3) is 10.9 Å². The number of ether oxygens (including phenoxy) is 1. The number of hydrogen-bond acceptors (Lipinski definition) is 4. The lowest BCUT2D eigenvalue weighted by Crippen LogP contribution is -2.31. The Morgan fingerprint density at radius 3 is 2.32 bits per heavy atom. The van der Waals surface area contributed by atoms with Gasteiger partial charge in [-0.3, -0.25) is 9.69 Å². The molecule has 1 aromatic heterocycles. The first-order valence-corrected chi connectivity index (χ1v) is 10.1. The molecular weight excluding hydrogens is 473 g/mol. The van der Waals surface area contributed by atoms with E-state index in [1.807, 2.05) is 0 Å². The quantitative estimate of drug-likeness (QED) is 0.404. The van der Waals surface area contributed by atoms with E-state index in [1.54, 1.807) is 25.2 Å². The number of fused-ring (bicyclic) bond motifs is 1. The molecule has 0 saturated carbocycles. The van der Waals surface area contributed by atoms with Gasteiger partial charge in [0.2, 0.25) is 0 Å². The van der Waals surface area contributed by atoms with Crippen LogP contribution in [-0.2, 0) is 13.2 Å². The van der Waals surface area contributed by atoms with Gasteiger partial charge < -0.3 is 15.0 Å². The number of hydrogen-bond donors (Lipinski definition) is 1. The van der Waals surface area contributed by atoms with Gasteiger partial charge in [0, 0.05) is 7.05 Å². The number of benzene rings is 3. The summed E-state index contributed by atoms with van der Waals surface area (Å²) in [5.74, 6) is 0.741. The van der Waals surface area contributed by atoms with Gasteiger partial charge in [-0.1, -0.05) is 11.6 Å². The Bertz CT molecular complexity index is 1450. The molecule has 3 aromatic carbocycles. The van der Waals surface area contributed by atoms with Gasteiger partial charge in [0.25, 0.3) is 5.56 Å². The fraction of sp³-hybridized carbons (Fsp3) is 0.0870. The summed E-state index contributed by atoms with van der Waals surface area (Å²) in [6.45, 7) is 0. The summed E-state index contributed by atoms with van der Waals surface area (Å²) in [5, 5.41) is -0.118. The number of alkyl halides is 3. The van der Waals surface area contributed by atoms with Crippen LogP contribution in [0, 0.1) is 0 Å². The predicted octanol–water partition coefficient (Wildman–Crippen LogP) is 5.61. The van der Waals surface area contributed by atoms with Crippen molar-refractivity contribution in [1.29, 1.82) is 0 Å². The van der Waals surface area contributed by atoms with E-state index in [0.717, 1.165) is 17.0 Å². The normalized spacial score (nSPS) is 11.4. The Hall–Kier alpha value is -4.05. The number of urea groups is 1. The highest BCUT2D eigenvalue weighted by Gasteiger charge is 2.34. The van der Waals surface area contributed by atoms with Gasteiger partial charge in [0.1, 0.15) is 11.5 Å². The van der Waals surface area contributed by atoms with Crippen molar-refractivity contribution in [3.05, 3.63) is 87.9 Å². The Labute approximate surface area is 195 Å². The maximum Gasteiger partial charge on any atom is 0.417 e. The largest absolute Gasteiger partial charge is 0.457 e. The van der Waals surface area contributed by atoms with E-state index in [2.05, 4.69) is 4.98 Å². The molecule has 2 N–H and O–H groups in total. The average molecular weight is 489 g/mol. The molecule has 7 nitrogen and oxygen atoms in total. The number of anilines is 2. The summed E-state index contributed by atoms with van der Waals surface area (Å²) in [4.78, 5) is 29.5. The molecule has 0 spiro atoms. The van der Waals surface area contributed by atoms with Crippen LogP contribution in [0.5, 0.6) is 11.5 Å². The number of primary amides is 1. The van der Waals surface area contributed by atoms with E-state index in [0.29, 0.717) is 22.4 Å². The average Bonchev–Trinajstić information content (AvgIpc) is 2.78. The van der Waals surface area contributed by atoms with Gasteiger partial charge in [0.15, 0.2) is 0 Å². The van der Waals surface area contributed by atoms with Gasteiger partial charge in [-0.05, 0) is 60.7 Å². The maximum absolute atomic E-state index is 13.2. The van der Waals surface area contributed by atoms with Crippen molar-refractivity contribution in [3.63, 3.8) is 0 Å².